The Labute approximate surface area is 136 Å². The van der Waals surface area contributed by atoms with Crippen LogP contribution in [0.2, 0.25) is 0 Å². The second kappa shape index (κ2) is 8.13. The lowest BCUT2D eigenvalue weighted by Gasteiger charge is -2.32. The summed E-state index contributed by atoms with van der Waals surface area (Å²) in [6.07, 6.45) is 2.70. The van der Waals surface area contributed by atoms with Gasteiger partial charge in [0.2, 0.25) is 5.91 Å². The van der Waals surface area contributed by atoms with Crippen LogP contribution in [0.4, 0.5) is 0 Å². The van der Waals surface area contributed by atoms with Crippen molar-refractivity contribution >= 4 is 29.7 Å². The lowest BCUT2D eigenvalue weighted by Crippen LogP contribution is -2.49. The first kappa shape index (κ1) is 16.7. The number of carbonyl (C=O) groups excluding carboxylic acids is 1. The number of rotatable bonds is 4. The van der Waals surface area contributed by atoms with Gasteiger partial charge in [-0.1, -0.05) is 6.07 Å². The maximum Gasteiger partial charge on any atom is 0.222 e. The Morgan fingerprint density at radius 1 is 1.33 bits per heavy atom. The van der Waals surface area contributed by atoms with Crippen LogP contribution in [-0.2, 0) is 11.2 Å². The summed E-state index contributed by atoms with van der Waals surface area (Å²) in [6.45, 7) is 6.30. The summed E-state index contributed by atoms with van der Waals surface area (Å²) < 4.78 is 0. The number of nitrogens with one attached hydrogen (secondary N) is 1. The Bertz CT molecular complexity index is 434. The van der Waals surface area contributed by atoms with E-state index in [-0.39, 0.29) is 12.4 Å². The fraction of sp³-hybridized carbons (Fsp3) is 0.667. The molecule has 0 radical (unpaired) electrons. The van der Waals surface area contributed by atoms with Gasteiger partial charge in [-0.05, 0) is 24.3 Å². The molecule has 1 amide bonds. The molecule has 0 aromatic carbocycles. The van der Waals surface area contributed by atoms with E-state index in [4.69, 9.17) is 0 Å². The minimum atomic E-state index is 0. The molecule has 0 spiro atoms. The minimum Gasteiger partial charge on any atom is -0.341 e. The number of carbonyl (C=O) groups is 1. The molecule has 1 aromatic rings. The second-order valence-corrected chi connectivity index (χ2v) is 6.68. The molecule has 3 rings (SSSR count). The highest BCUT2D eigenvalue weighted by molar-refractivity contribution is 7.09. The molecule has 1 unspecified atom stereocenters. The standard InChI is InChI=1S/C15H23N3OS.ClH/c19-15(4-3-14-2-1-11-20-14)18-8-5-13(12-18)17-9-6-16-7-10-17;/h1-2,11,13,16H,3-10,12H2;1H. The highest BCUT2D eigenvalue weighted by Crippen LogP contribution is 2.18. The molecule has 1 atom stereocenters. The predicted octanol–water partition coefficient (Wildman–Crippen LogP) is 1.61. The molecule has 3 heterocycles. The van der Waals surface area contributed by atoms with Crippen molar-refractivity contribution in [3.8, 4) is 0 Å². The number of thiophene rings is 1. The van der Waals surface area contributed by atoms with E-state index in [1.54, 1.807) is 11.3 Å². The molecule has 21 heavy (non-hydrogen) atoms. The third-order valence-electron chi connectivity index (χ3n) is 4.35. The van der Waals surface area contributed by atoms with E-state index in [1.807, 2.05) is 0 Å². The van der Waals surface area contributed by atoms with Gasteiger partial charge in [-0.2, -0.15) is 0 Å². The third-order valence-corrected chi connectivity index (χ3v) is 5.29. The zero-order chi connectivity index (χ0) is 13.8. The number of piperazine rings is 1. The quantitative estimate of drug-likeness (QED) is 0.911. The van der Waals surface area contributed by atoms with Crippen LogP contribution in [0.3, 0.4) is 0 Å². The summed E-state index contributed by atoms with van der Waals surface area (Å²) in [5.41, 5.74) is 0. The summed E-state index contributed by atoms with van der Waals surface area (Å²) in [5, 5.41) is 5.47. The Balaban J connectivity index is 0.00000161. The van der Waals surface area contributed by atoms with E-state index in [9.17, 15) is 4.79 Å². The maximum atomic E-state index is 12.3. The topological polar surface area (TPSA) is 35.6 Å². The van der Waals surface area contributed by atoms with Gasteiger partial charge >= 0.3 is 0 Å². The van der Waals surface area contributed by atoms with E-state index in [0.717, 1.165) is 52.1 Å². The van der Waals surface area contributed by atoms with Crippen molar-refractivity contribution in [3.05, 3.63) is 22.4 Å². The van der Waals surface area contributed by atoms with Gasteiger partial charge in [0.1, 0.15) is 0 Å². The van der Waals surface area contributed by atoms with Crippen LogP contribution in [0.5, 0.6) is 0 Å². The first-order valence-corrected chi connectivity index (χ1v) is 8.46. The Morgan fingerprint density at radius 2 is 2.14 bits per heavy atom. The van der Waals surface area contributed by atoms with E-state index < -0.39 is 0 Å². The largest absolute Gasteiger partial charge is 0.341 e. The van der Waals surface area contributed by atoms with Gasteiger partial charge in [0.25, 0.3) is 0 Å². The highest BCUT2D eigenvalue weighted by Gasteiger charge is 2.30. The Hall–Kier alpha value is -0.620. The van der Waals surface area contributed by atoms with Gasteiger partial charge in [-0.15, -0.1) is 23.7 Å². The number of amides is 1. The monoisotopic (exact) mass is 329 g/mol. The van der Waals surface area contributed by atoms with Crippen molar-refractivity contribution in [2.75, 3.05) is 39.3 Å². The molecule has 6 heteroatoms. The van der Waals surface area contributed by atoms with E-state index in [0.29, 0.717) is 18.4 Å². The number of hydrogen-bond acceptors (Lipinski definition) is 4. The minimum absolute atomic E-state index is 0. The van der Waals surface area contributed by atoms with Crippen molar-refractivity contribution in [2.45, 2.75) is 25.3 Å². The molecule has 2 fully saturated rings. The van der Waals surface area contributed by atoms with Crippen molar-refractivity contribution in [1.82, 2.24) is 15.1 Å². The molecular weight excluding hydrogens is 306 g/mol. The molecule has 2 aliphatic heterocycles. The van der Waals surface area contributed by atoms with Crippen LogP contribution in [0.1, 0.15) is 17.7 Å². The molecule has 2 aliphatic rings. The van der Waals surface area contributed by atoms with Crippen LogP contribution < -0.4 is 5.32 Å². The molecule has 1 aromatic heterocycles. The van der Waals surface area contributed by atoms with Gasteiger partial charge in [0.05, 0.1) is 0 Å². The first-order chi connectivity index (χ1) is 9.83. The summed E-state index contributed by atoms with van der Waals surface area (Å²) in [5.74, 6) is 0.330. The zero-order valence-corrected chi connectivity index (χ0v) is 13.9. The average molecular weight is 330 g/mol. The van der Waals surface area contributed by atoms with E-state index >= 15 is 0 Å². The van der Waals surface area contributed by atoms with Crippen molar-refractivity contribution in [3.63, 3.8) is 0 Å². The number of nitrogens with zero attached hydrogens (tertiary/aromatic N) is 2. The normalized spacial score (nSPS) is 23.0. The van der Waals surface area contributed by atoms with Crippen molar-refractivity contribution < 1.29 is 4.79 Å². The summed E-state index contributed by atoms with van der Waals surface area (Å²) in [6, 6.07) is 4.76. The third kappa shape index (κ3) is 4.42. The van der Waals surface area contributed by atoms with Crippen molar-refractivity contribution in [1.29, 1.82) is 0 Å². The second-order valence-electron chi connectivity index (χ2n) is 5.65. The Morgan fingerprint density at radius 3 is 2.86 bits per heavy atom. The number of hydrogen-bond donors (Lipinski definition) is 1. The van der Waals surface area contributed by atoms with Crippen LogP contribution in [-0.4, -0.2) is 61.0 Å². The predicted molar refractivity (Wildman–Crippen MR) is 89.3 cm³/mol. The van der Waals surface area contributed by atoms with Crippen molar-refractivity contribution in [2.24, 2.45) is 0 Å². The molecule has 118 valence electrons. The zero-order valence-electron chi connectivity index (χ0n) is 12.3. The smallest absolute Gasteiger partial charge is 0.222 e. The molecule has 0 aliphatic carbocycles. The Kier molecular flexibility index (Phi) is 6.48. The fourth-order valence-corrected chi connectivity index (χ4v) is 3.87. The molecule has 1 N–H and O–H groups in total. The molecule has 4 nitrogen and oxygen atoms in total. The molecule has 2 saturated heterocycles. The van der Waals surface area contributed by atoms with Gasteiger partial charge in [-0.3, -0.25) is 9.69 Å². The van der Waals surface area contributed by atoms with Crippen LogP contribution >= 0.6 is 23.7 Å². The first-order valence-electron chi connectivity index (χ1n) is 7.58. The van der Waals surface area contributed by atoms with Crippen LogP contribution in [0, 0.1) is 0 Å². The summed E-state index contributed by atoms with van der Waals surface area (Å²) in [4.78, 5) is 18.2. The lowest BCUT2D eigenvalue weighted by atomic mass is 10.2. The average Bonchev–Trinajstić information content (AvgIpc) is 3.17. The SMILES string of the molecule is Cl.O=C(CCc1cccs1)N1CCC(N2CCNCC2)C1. The summed E-state index contributed by atoms with van der Waals surface area (Å²) >= 11 is 1.74. The van der Waals surface area contributed by atoms with Gasteiger partial charge < -0.3 is 10.2 Å². The highest BCUT2D eigenvalue weighted by atomic mass is 35.5. The molecule has 0 bridgehead atoms. The van der Waals surface area contributed by atoms with E-state index in [1.165, 1.54) is 4.88 Å². The van der Waals surface area contributed by atoms with Gasteiger partial charge in [-0.25, -0.2) is 0 Å². The summed E-state index contributed by atoms with van der Waals surface area (Å²) in [7, 11) is 0. The molecular formula is C15H24ClN3OS. The number of halogens is 1. The van der Waals surface area contributed by atoms with Gasteiger partial charge in [0, 0.05) is 56.6 Å². The fourth-order valence-electron chi connectivity index (χ4n) is 3.16. The lowest BCUT2D eigenvalue weighted by molar-refractivity contribution is -0.130. The number of likely N-dealkylation sites (tertiary alicyclic amines) is 1. The van der Waals surface area contributed by atoms with Crippen LogP contribution in [0.25, 0.3) is 0 Å². The van der Waals surface area contributed by atoms with Gasteiger partial charge in [0.15, 0.2) is 0 Å². The maximum absolute atomic E-state index is 12.3. The van der Waals surface area contributed by atoms with Crippen LogP contribution in [0.15, 0.2) is 17.5 Å². The number of aryl methyl sites for hydroxylation is 1. The van der Waals surface area contributed by atoms with E-state index in [2.05, 4.69) is 32.6 Å². The molecule has 0 saturated carbocycles.